The van der Waals surface area contributed by atoms with Crippen LogP contribution in [0.2, 0.25) is 0 Å². The average Bonchev–Trinajstić information content (AvgIpc) is 2.40. The van der Waals surface area contributed by atoms with Gasteiger partial charge in [0.15, 0.2) is 11.6 Å². The van der Waals surface area contributed by atoms with Gasteiger partial charge in [0.2, 0.25) is 0 Å². The number of halogens is 6. The van der Waals surface area contributed by atoms with Gasteiger partial charge in [0.05, 0.1) is 5.56 Å². The molecular weight excluding hydrogens is 348 g/mol. The highest BCUT2D eigenvalue weighted by Gasteiger charge is 2.34. The molecule has 0 radical (unpaired) electrons. The monoisotopic (exact) mass is 354 g/mol. The van der Waals surface area contributed by atoms with Gasteiger partial charge >= 0.3 is 6.18 Å². The molecular formula is C13H6F6NO2S-. The summed E-state index contributed by atoms with van der Waals surface area (Å²) in [4.78, 5) is 0. The Morgan fingerprint density at radius 3 is 1.87 bits per heavy atom. The second-order valence-corrected chi connectivity index (χ2v) is 5.02. The Balaban J connectivity index is 2.47. The molecule has 0 aliphatic carbocycles. The van der Waals surface area contributed by atoms with Crippen LogP contribution in [0, 0.1) is 17.5 Å². The largest absolute Gasteiger partial charge is 0.755 e. The summed E-state index contributed by atoms with van der Waals surface area (Å²) < 4.78 is 101. The predicted octanol–water partition coefficient (Wildman–Crippen LogP) is 4.00. The molecule has 0 fully saturated rings. The zero-order valence-corrected chi connectivity index (χ0v) is 11.7. The molecule has 0 aliphatic rings. The third-order valence-corrected chi connectivity index (χ3v) is 3.21. The summed E-state index contributed by atoms with van der Waals surface area (Å²) in [5.74, 6) is -4.20. The molecule has 10 heteroatoms. The highest BCUT2D eigenvalue weighted by atomic mass is 32.2. The van der Waals surface area contributed by atoms with Crippen molar-refractivity contribution in [2.75, 3.05) is 4.72 Å². The van der Waals surface area contributed by atoms with Crippen molar-refractivity contribution in [1.82, 2.24) is 0 Å². The Kier molecular flexibility index (Phi) is 4.66. The fourth-order valence-corrected chi connectivity index (χ4v) is 2.21. The Morgan fingerprint density at radius 2 is 1.43 bits per heavy atom. The van der Waals surface area contributed by atoms with Crippen molar-refractivity contribution >= 4 is 17.0 Å². The molecule has 0 amide bonds. The van der Waals surface area contributed by atoms with Gasteiger partial charge in [0, 0.05) is 11.3 Å². The minimum absolute atomic E-state index is 0.205. The fraction of sp³-hybridized carbons (Fsp3) is 0.0769. The minimum atomic E-state index is -4.90. The molecule has 0 aromatic heterocycles. The van der Waals surface area contributed by atoms with Gasteiger partial charge in [-0.05, 0) is 35.4 Å². The highest BCUT2D eigenvalue weighted by molar-refractivity contribution is 7.80. The lowest BCUT2D eigenvalue weighted by Gasteiger charge is -2.13. The smallest absolute Gasteiger partial charge is 0.419 e. The number of rotatable bonds is 3. The quantitative estimate of drug-likeness (QED) is 0.669. The summed E-state index contributed by atoms with van der Waals surface area (Å²) in [6.07, 6.45) is -4.90. The van der Waals surface area contributed by atoms with Crippen LogP contribution in [0.15, 0.2) is 30.3 Å². The van der Waals surface area contributed by atoms with Crippen LogP contribution in [0.3, 0.4) is 0 Å². The molecule has 0 heterocycles. The van der Waals surface area contributed by atoms with Gasteiger partial charge in [-0.1, -0.05) is 6.07 Å². The van der Waals surface area contributed by atoms with E-state index in [9.17, 15) is 35.1 Å². The molecule has 23 heavy (non-hydrogen) atoms. The first-order chi connectivity index (χ1) is 10.6. The van der Waals surface area contributed by atoms with Gasteiger partial charge < -0.3 is 9.27 Å². The molecule has 0 saturated carbocycles. The summed E-state index contributed by atoms with van der Waals surface area (Å²) in [7, 11) is 0. The Bertz CT molecular complexity index is 755. The first kappa shape index (κ1) is 17.3. The van der Waals surface area contributed by atoms with Gasteiger partial charge in [-0.3, -0.25) is 4.21 Å². The average molecular weight is 354 g/mol. The van der Waals surface area contributed by atoms with E-state index in [0.29, 0.717) is 24.3 Å². The molecule has 0 spiro atoms. The second-order valence-electron chi connectivity index (χ2n) is 4.34. The standard InChI is InChI=1S/C13H7F6NO2S/c14-9-3-6(1-2-8(9)13(17,18)19)7-4-10(15)12(11(16)5-7)20-23(21)22/h1-5,20H,(H,21,22)/p-1. The van der Waals surface area contributed by atoms with Crippen LogP contribution in [0.1, 0.15) is 5.56 Å². The maximum atomic E-state index is 13.7. The third-order valence-electron chi connectivity index (χ3n) is 2.84. The second kappa shape index (κ2) is 6.20. The van der Waals surface area contributed by atoms with E-state index in [1.807, 2.05) is 0 Å². The van der Waals surface area contributed by atoms with E-state index in [2.05, 4.69) is 0 Å². The van der Waals surface area contributed by atoms with Crippen molar-refractivity contribution < 1.29 is 35.1 Å². The van der Waals surface area contributed by atoms with Crippen LogP contribution < -0.4 is 4.72 Å². The molecule has 1 N–H and O–H groups in total. The SMILES string of the molecule is O=S([O-])Nc1c(F)cc(-c2ccc(C(F)(F)F)c(F)c2)cc1F. The molecule has 1 atom stereocenters. The van der Waals surface area contributed by atoms with Crippen LogP contribution in [-0.4, -0.2) is 8.76 Å². The molecule has 3 nitrogen and oxygen atoms in total. The Hall–Kier alpha value is -2.07. The van der Waals surface area contributed by atoms with Crippen LogP contribution in [0.4, 0.5) is 32.0 Å². The predicted molar refractivity (Wildman–Crippen MR) is 69.3 cm³/mol. The van der Waals surface area contributed by atoms with Crippen molar-refractivity contribution in [3.05, 3.63) is 53.3 Å². The summed E-state index contributed by atoms with van der Waals surface area (Å²) in [5, 5.41) is 0. The van der Waals surface area contributed by atoms with E-state index in [4.69, 9.17) is 0 Å². The van der Waals surface area contributed by atoms with Gasteiger partial charge in [0.25, 0.3) is 0 Å². The summed E-state index contributed by atoms with van der Waals surface area (Å²) in [5.41, 5.74) is -2.92. The molecule has 0 saturated heterocycles. The van der Waals surface area contributed by atoms with Gasteiger partial charge in [-0.15, -0.1) is 0 Å². The fourth-order valence-electron chi connectivity index (χ4n) is 1.85. The lowest BCUT2D eigenvalue weighted by molar-refractivity contribution is -0.139. The lowest BCUT2D eigenvalue weighted by Crippen LogP contribution is -2.08. The summed E-state index contributed by atoms with van der Waals surface area (Å²) in [6, 6.07) is 3.11. The maximum Gasteiger partial charge on any atom is 0.419 e. The molecule has 1 unspecified atom stereocenters. The van der Waals surface area contributed by atoms with Crippen molar-refractivity contribution in [3.63, 3.8) is 0 Å². The van der Waals surface area contributed by atoms with Crippen LogP contribution in [0.25, 0.3) is 11.1 Å². The number of alkyl halides is 3. The van der Waals surface area contributed by atoms with Crippen LogP contribution in [0.5, 0.6) is 0 Å². The van der Waals surface area contributed by atoms with E-state index in [0.717, 1.165) is 6.07 Å². The Labute approximate surface area is 128 Å². The van der Waals surface area contributed by atoms with E-state index in [1.165, 1.54) is 4.72 Å². The van der Waals surface area contributed by atoms with Gasteiger partial charge in [-0.2, -0.15) is 13.2 Å². The zero-order chi connectivity index (χ0) is 17.4. The third kappa shape index (κ3) is 3.82. The summed E-state index contributed by atoms with van der Waals surface area (Å²) >= 11 is -2.97. The molecule has 2 aromatic carbocycles. The van der Waals surface area contributed by atoms with Crippen molar-refractivity contribution in [3.8, 4) is 11.1 Å². The van der Waals surface area contributed by atoms with Crippen LogP contribution in [-0.2, 0) is 17.4 Å². The molecule has 2 rings (SSSR count). The maximum absolute atomic E-state index is 13.7. The van der Waals surface area contributed by atoms with Crippen LogP contribution >= 0.6 is 0 Å². The number of hydrogen-bond donors (Lipinski definition) is 1. The van der Waals surface area contributed by atoms with Crippen molar-refractivity contribution in [2.24, 2.45) is 0 Å². The minimum Gasteiger partial charge on any atom is -0.755 e. The van der Waals surface area contributed by atoms with E-state index < -0.39 is 46.1 Å². The van der Waals surface area contributed by atoms with E-state index >= 15 is 0 Å². The van der Waals surface area contributed by atoms with Crippen molar-refractivity contribution in [1.29, 1.82) is 0 Å². The molecule has 124 valence electrons. The normalized spacial score (nSPS) is 13.0. The molecule has 2 aromatic rings. The number of benzene rings is 2. The Morgan fingerprint density at radius 1 is 0.913 bits per heavy atom. The molecule has 0 aliphatic heterocycles. The zero-order valence-electron chi connectivity index (χ0n) is 10.9. The van der Waals surface area contributed by atoms with E-state index in [-0.39, 0.29) is 11.1 Å². The van der Waals surface area contributed by atoms with Gasteiger partial charge in [0.1, 0.15) is 11.5 Å². The number of nitrogens with one attached hydrogen (secondary N) is 1. The first-order valence-electron chi connectivity index (χ1n) is 5.81. The topological polar surface area (TPSA) is 52.2 Å². The van der Waals surface area contributed by atoms with Gasteiger partial charge in [-0.25, -0.2) is 13.2 Å². The number of hydrogen-bond acceptors (Lipinski definition) is 2. The first-order valence-corrected chi connectivity index (χ1v) is 6.89. The van der Waals surface area contributed by atoms with E-state index in [1.54, 1.807) is 0 Å². The molecule has 0 bridgehead atoms. The van der Waals surface area contributed by atoms with Crippen molar-refractivity contribution in [2.45, 2.75) is 6.18 Å². The summed E-state index contributed by atoms with van der Waals surface area (Å²) in [6.45, 7) is 0. The number of anilines is 1. The lowest BCUT2D eigenvalue weighted by atomic mass is 10.0. The highest BCUT2D eigenvalue weighted by Crippen LogP contribution is 2.34.